The Morgan fingerprint density at radius 2 is 2.08 bits per heavy atom. The molecule has 1 aliphatic rings. The van der Waals surface area contributed by atoms with Crippen LogP contribution in [0.5, 0.6) is 0 Å². The van der Waals surface area contributed by atoms with E-state index in [-0.39, 0.29) is 24.5 Å². The molecule has 0 unspecified atom stereocenters. The summed E-state index contributed by atoms with van der Waals surface area (Å²) in [4.78, 5) is 22.5. The predicted octanol–water partition coefficient (Wildman–Crippen LogP) is 2.70. The molecule has 0 aromatic rings. The molecule has 0 spiro atoms. The van der Waals surface area contributed by atoms with Gasteiger partial charge in [-0.2, -0.15) is 0 Å². The van der Waals surface area contributed by atoms with Crippen molar-refractivity contribution in [1.29, 1.82) is 0 Å². The standard InChI is InChI=1S/C20H30O5/c1-2-3-6-9-15(21)12-13-17-16(18(22)14-19(17)23)10-7-4-5-8-11-20(24)25/h4,7,15-17,19,21,23H,2-3,5-6,8-11,14H2,1H3,(H,24,25)/b7-4-/t15-,16+,17+,19+/m0/s1. The number of allylic oxidation sites excluding steroid dienone is 2. The number of aliphatic hydroxyl groups excluding tert-OH is 2. The molecule has 0 saturated heterocycles. The van der Waals surface area contributed by atoms with Gasteiger partial charge in [-0.1, -0.05) is 43.8 Å². The highest BCUT2D eigenvalue weighted by Crippen LogP contribution is 2.31. The number of hydrogen-bond acceptors (Lipinski definition) is 4. The minimum absolute atomic E-state index is 0.00228. The molecule has 1 fully saturated rings. The maximum Gasteiger partial charge on any atom is 0.303 e. The zero-order valence-corrected chi connectivity index (χ0v) is 15.0. The fourth-order valence-corrected chi connectivity index (χ4v) is 3.01. The molecule has 0 bridgehead atoms. The Hall–Kier alpha value is -1.64. The van der Waals surface area contributed by atoms with Gasteiger partial charge in [-0.25, -0.2) is 0 Å². The number of carbonyl (C=O) groups excluding carboxylic acids is 1. The third-order valence-electron chi connectivity index (χ3n) is 4.49. The molecular weight excluding hydrogens is 320 g/mol. The molecule has 140 valence electrons. The first-order valence-corrected chi connectivity index (χ1v) is 9.22. The maximum absolute atomic E-state index is 12.1. The molecule has 25 heavy (non-hydrogen) atoms. The number of rotatable bonds is 10. The van der Waals surface area contributed by atoms with Gasteiger partial charge in [-0.3, -0.25) is 9.59 Å². The lowest BCUT2D eigenvalue weighted by atomic mass is 9.91. The fourth-order valence-electron chi connectivity index (χ4n) is 3.01. The third-order valence-corrected chi connectivity index (χ3v) is 4.49. The molecule has 0 aromatic carbocycles. The number of Topliss-reactive ketones (excluding diaryl/α,β-unsaturated/α-hetero) is 1. The molecule has 0 amide bonds. The number of carboxylic acid groups (broad SMARTS) is 1. The maximum atomic E-state index is 12.1. The first kappa shape index (κ1) is 21.4. The van der Waals surface area contributed by atoms with Crippen LogP contribution in [-0.4, -0.2) is 39.3 Å². The first-order chi connectivity index (χ1) is 12.0. The van der Waals surface area contributed by atoms with Crippen molar-refractivity contribution in [1.82, 2.24) is 0 Å². The van der Waals surface area contributed by atoms with Crippen molar-refractivity contribution in [2.45, 2.75) is 76.9 Å². The zero-order chi connectivity index (χ0) is 18.7. The number of ketones is 1. The van der Waals surface area contributed by atoms with Crippen molar-refractivity contribution >= 4 is 11.8 Å². The minimum atomic E-state index is -0.810. The molecule has 5 nitrogen and oxygen atoms in total. The van der Waals surface area contributed by atoms with Crippen LogP contribution in [0.15, 0.2) is 12.2 Å². The van der Waals surface area contributed by atoms with E-state index in [1.54, 1.807) is 0 Å². The summed E-state index contributed by atoms with van der Waals surface area (Å²) in [6.45, 7) is 2.10. The van der Waals surface area contributed by atoms with Crippen molar-refractivity contribution in [3.63, 3.8) is 0 Å². The van der Waals surface area contributed by atoms with Gasteiger partial charge in [0.05, 0.1) is 12.0 Å². The summed E-state index contributed by atoms with van der Waals surface area (Å²) in [6, 6.07) is 0. The Kier molecular flexibility index (Phi) is 10.1. The van der Waals surface area contributed by atoms with Crippen molar-refractivity contribution in [2.75, 3.05) is 0 Å². The van der Waals surface area contributed by atoms with E-state index in [0.29, 0.717) is 25.7 Å². The smallest absolute Gasteiger partial charge is 0.303 e. The summed E-state index contributed by atoms with van der Waals surface area (Å²) in [5.41, 5.74) is 0. The number of aliphatic carboxylic acids is 1. The van der Waals surface area contributed by atoms with Gasteiger partial charge in [-0.15, -0.1) is 0 Å². The molecule has 1 saturated carbocycles. The van der Waals surface area contributed by atoms with Gasteiger partial charge in [0.2, 0.25) is 0 Å². The van der Waals surface area contributed by atoms with Crippen LogP contribution < -0.4 is 0 Å². The molecule has 0 aromatic heterocycles. The zero-order valence-electron chi connectivity index (χ0n) is 15.0. The van der Waals surface area contributed by atoms with Gasteiger partial charge in [0.1, 0.15) is 11.9 Å². The Morgan fingerprint density at radius 3 is 2.76 bits per heavy atom. The van der Waals surface area contributed by atoms with Crippen LogP contribution >= 0.6 is 0 Å². The summed E-state index contributed by atoms with van der Waals surface area (Å²) in [7, 11) is 0. The lowest BCUT2D eigenvalue weighted by Crippen LogP contribution is -2.19. The van der Waals surface area contributed by atoms with Crippen molar-refractivity contribution in [3.05, 3.63) is 12.2 Å². The highest BCUT2D eigenvalue weighted by atomic mass is 16.4. The molecule has 1 rings (SSSR count). The van der Waals surface area contributed by atoms with Gasteiger partial charge < -0.3 is 15.3 Å². The van der Waals surface area contributed by atoms with E-state index >= 15 is 0 Å². The van der Waals surface area contributed by atoms with Crippen LogP contribution in [0, 0.1) is 23.7 Å². The number of carboxylic acids is 1. The number of carbonyl (C=O) groups is 2. The van der Waals surface area contributed by atoms with Crippen molar-refractivity contribution < 1.29 is 24.9 Å². The average Bonchev–Trinajstić information content (AvgIpc) is 2.82. The van der Waals surface area contributed by atoms with Crippen LogP contribution in [-0.2, 0) is 9.59 Å². The lowest BCUT2D eigenvalue weighted by molar-refractivity contribution is -0.137. The van der Waals surface area contributed by atoms with E-state index in [9.17, 15) is 19.8 Å². The van der Waals surface area contributed by atoms with Gasteiger partial charge in [0, 0.05) is 18.8 Å². The average molecular weight is 350 g/mol. The summed E-state index contributed by atoms with van der Waals surface area (Å²) in [5, 5.41) is 28.5. The van der Waals surface area contributed by atoms with Gasteiger partial charge in [0.25, 0.3) is 0 Å². The fraction of sp³-hybridized carbons (Fsp3) is 0.700. The topological polar surface area (TPSA) is 94.8 Å². The molecule has 0 heterocycles. The van der Waals surface area contributed by atoms with Crippen molar-refractivity contribution in [3.8, 4) is 11.8 Å². The van der Waals surface area contributed by atoms with Gasteiger partial charge in [0.15, 0.2) is 0 Å². The van der Waals surface area contributed by atoms with E-state index in [1.165, 1.54) is 0 Å². The lowest BCUT2D eigenvalue weighted by Gasteiger charge is -2.14. The molecule has 3 N–H and O–H groups in total. The van der Waals surface area contributed by atoms with E-state index in [0.717, 1.165) is 19.3 Å². The minimum Gasteiger partial charge on any atom is -0.481 e. The normalized spacial score (nSPS) is 24.3. The van der Waals surface area contributed by atoms with E-state index in [4.69, 9.17) is 5.11 Å². The second kappa shape index (κ2) is 11.8. The molecule has 0 aliphatic heterocycles. The number of unbranched alkanes of at least 4 members (excludes halogenated alkanes) is 3. The van der Waals surface area contributed by atoms with Crippen LogP contribution in [0.25, 0.3) is 0 Å². The second-order valence-corrected chi connectivity index (χ2v) is 6.66. The Morgan fingerprint density at radius 1 is 1.32 bits per heavy atom. The van der Waals surface area contributed by atoms with Crippen LogP contribution in [0.2, 0.25) is 0 Å². The summed E-state index contributed by atoms with van der Waals surface area (Å²) < 4.78 is 0. The van der Waals surface area contributed by atoms with Crippen LogP contribution in [0.3, 0.4) is 0 Å². The predicted molar refractivity (Wildman–Crippen MR) is 95.8 cm³/mol. The molecule has 5 heteroatoms. The largest absolute Gasteiger partial charge is 0.481 e. The molecule has 0 radical (unpaired) electrons. The van der Waals surface area contributed by atoms with Crippen LogP contribution in [0.1, 0.15) is 64.7 Å². The van der Waals surface area contributed by atoms with Gasteiger partial charge >= 0.3 is 5.97 Å². The Bertz CT molecular complexity index is 514. The first-order valence-electron chi connectivity index (χ1n) is 9.22. The summed E-state index contributed by atoms with van der Waals surface area (Å²) in [6.07, 6.45) is 7.91. The number of hydrogen-bond donors (Lipinski definition) is 3. The quantitative estimate of drug-likeness (QED) is 0.320. The summed E-state index contributed by atoms with van der Waals surface area (Å²) >= 11 is 0. The molecular formula is C20H30O5. The number of aliphatic hydroxyl groups is 2. The second-order valence-electron chi connectivity index (χ2n) is 6.66. The van der Waals surface area contributed by atoms with E-state index in [1.807, 2.05) is 12.2 Å². The summed E-state index contributed by atoms with van der Waals surface area (Å²) in [5.74, 6) is 4.13. The third kappa shape index (κ3) is 8.33. The monoisotopic (exact) mass is 350 g/mol. The Labute approximate surface area is 150 Å². The van der Waals surface area contributed by atoms with Crippen LogP contribution in [0.4, 0.5) is 0 Å². The molecule has 1 aliphatic carbocycles. The van der Waals surface area contributed by atoms with Crippen molar-refractivity contribution in [2.24, 2.45) is 11.8 Å². The molecule has 4 atom stereocenters. The van der Waals surface area contributed by atoms with E-state index in [2.05, 4.69) is 18.8 Å². The van der Waals surface area contributed by atoms with Gasteiger partial charge in [-0.05, 0) is 32.1 Å². The SMILES string of the molecule is CCCCC[C@H](O)C#C[C@H]1[C@H](O)CC(=O)[C@@H]1C/C=C\CCCC(=O)O. The van der Waals surface area contributed by atoms with E-state index < -0.39 is 24.1 Å². The highest BCUT2D eigenvalue weighted by Gasteiger charge is 2.39. The Balaban J connectivity index is 2.51. The highest BCUT2D eigenvalue weighted by molar-refractivity contribution is 5.85.